The van der Waals surface area contributed by atoms with Crippen LogP contribution in [-0.4, -0.2) is 23.9 Å². The topological polar surface area (TPSA) is 80.3 Å². The molecule has 0 saturated heterocycles. The fourth-order valence-corrected chi connectivity index (χ4v) is 2.33. The van der Waals surface area contributed by atoms with Crippen LogP contribution in [0.4, 0.5) is 11.4 Å². The van der Waals surface area contributed by atoms with Crippen molar-refractivity contribution in [1.82, 2.24) is 4.98 Å². The maximum atomic E-state index is 12.4. The number of carbonyl (C=O) groups excluding carboxylic acids is 2. The molecule has 3 rings (SSSR count). The molecule has 1 aromatic heterocycles. The van der Waals surface area contributed by atoms with E-state index in [1.807, 2.05) is 0 Å². The summed E-state index contributed by atoms with van der Waals surface area (Å²) >= 11 is 0. The Morgan fingerprint density at radius 1 is 0.808 bits per heavy atom. The lowest BCUT2D eigenvalue weighted by Crippen LogP contribution is -2.16. The Kier molecular flexibility index (Phi) is 5.24. The number of hydrogen-bond donors (Lipinski definition) is 2. The van der Waals surface area contributed by atoms with Crippen LogP contribution < -0.4 is 15.4 Å². The van der Waals surface area contributed by atoms with Gasteiger partial charge < -0.3 is 15.4 Å². The first-order valence-corrected chi connectivity index (χ1v) is 7.93. The highest BCUT2D eigenvalue weighted by molar-refractivity contribution is 6.09. The Morgan fingerprint density at radius 2 is 1.42 bits per heavy atom. The molecule has 0 bridgehead atoms. The van der Waals surface area contributed by atoms with Crippen LogP contribution in [0.5, 0.6) is 5.75 Å². The Balaban J connectivity index is 1.76. The predicted octanol–water partition coefficient (Wildman–Crippen LogP) is 3.59. The molecule has 0 aliphatic rings. The molecule has 0 aliphatic heterocycles. The summed E-state index contributed by atoms with van der Waals surface area (Å²) in [5.41, 5.74) is 1.93. The van der Waals surface area contributed by atoms with E-state index in [4.69, 9.17) is 4.74 Å². The van der Waals surface area contributed by atoms with Crippen molar-refractivity contribution in [1.29, 1.82) is 0 Å². The van der Waals surface area contributed by atoms with Gasteiger partial charge in [-0.1, -0.05) is 12.1 Å². The van der Waals surface area contributed by atoms with E-state index in [2.05, 4.69) is 15.6 Å². The second-order valence-corrected chi connectivity index (χ2v) is 5.42. The third-order valence-corrected chi connectivity index (χ3v) is 3.70. The van der Waals surface area contributed by atoms with Crippen LogP contribution in [0.1, 0.15) is 20.7 Å². The molecule has 0 spiro atoms. The van der Waals surface area contributed by atoms with Gasteiger partial charge >= 0.3 is 0 Å². The number of methoxy groups -OCH3 is 1. The number of para-hydroxylation sites is 2. The second-order valence-electron chi connectivity index (χ2n) is 5.42. The lowest BCUT2D eigenvalue weighted by Gasteiger charge is -2.12. The summed E-state index contributed by atoms with van der Waals surface area (Å²) in [7, 11) is 1.57. The molecule has 0 saturated carbocycles. The van der Waals surface area contributed by atoms with E-state index in [0.29, 0.717) is 28.3 Å². The molecule has 2 N–H and O–H groups in total. The van der Waals surface area contributed by atoms with Crippen molar-refractivity contribution in [2.45, 2.75) is 0 Å². The van der Waals surface area contributed by atoms with E-state index in [9.17, 15) is 9.59 Å². The SMILES string of the molecule is COc1ccc(C(=O)Nc2ccccc2NC(=O)c2cccnc2)cc1. The molecule has 0 aliphatic carbocycles. The number of aromatic nitrogens is 1. The monoisotopic (exact) mass is 347 g/mol. The first-order chi connectivity index (χ1) is 12.7. The van der Waals surface area contributed by atoms with Crippen LogP contribution >= 0.6 is 0 Å². The molecule has 0 unspecified atom stereocenters. The summed E-state index contributed by atoms with van der Waals surface area (Å²) in [6, 6.07) is 17.1. The molecule has 0 atom stereocenters. The standard InChI is InChI=1S/C20H17N3O3/c1-26-16-10-8-14(9-11-16)19(24)22-17-6-2-3-7-18(17)23-20(25)15-5-4-12-21-13-15/h2-13H,1H3,(H,22,24)(H,23,25). The van der Waals surface area contributed by atoms with Crippen molar-refractivity contribution in [2.24, 2.45) is 0 Å². The maximum Gasteiger partial charge on any atom is 0.257 e. The summed E-state index contributed by atoms with van der Waals surface area (Å²) in [4.78, 5) is 28.7. The zero-order valence-corrected chi connectivity index (χ0v) is 14.1. The lowest BCUT2D eigenvalue weighted by molar-refractivity contribution is 0.101. The minimum absolute atomic E-state index is 0.282. The normalized spacial score (nSPS) is 10.0. The van der Waals surface area contributed by atoms with Gasteiger partial charge in [0, 0.05) is 18.0 Å². The number of amides is 2. The zero-order valence-electron chi connectivity index (χ0n) is 14.1. The number of benzene rings is 2. The van der Waals surface area contributed by atoms with Gasteiger partial charge in [-0.3, -0.25) is 14.6 Å². The average molecular weight is 347 g/mol. The van der Waals surface area contributed by atoms with Gasteiger partial charge in [0.05, 0.1) is 24.0 Å². The molecule has 3 aromatic rings. The van der Waals surface area contributed by atoms with Crippen molar-refractivity contribution in [2.75, 3.05) is 17.7 Å². The van der Waals surface area contributed by atoms with Crippen LogP contribution in [0, 0.1) is 0 Å². The van der Waals surface area contributed by atoms with Crippen LogP contribution in [0.2, 0.25) is 0 Å². The van der Waals surface area contributed by atoms with Gasteiger partial charge in [-0.15, -0.1) is 0 Å². The number of rotatable bonds is 5. The largest absolute Gasteiger partial charge is 0.497 e. The number of nitrogens with one attached hydrogen (secondary N) is 2. The van der Waals surface area contributed by atoms with Crippen LogP contribution in [0.25, 0.3) is 0 Å². The first-order valence-electron chi connectivity index (χ1n) is 7.93. The average Bonchev–Trinajstić information content (AvgIpc) is 2.70. The fourth-order valence-electron chi connectivity index (χ4n) is 2.33. The Hall–Kier alpha value is -3.67. The van der Waals surface area contributed by atoms with E-state index in [-0.39, 0.29) is 11.8 Å². The van der Waals surface area contributed by atoms with E-state index >= 15 is 0 Å². The van der Waals surface area contributed by atoms with Crippen LogP contribution in [0.15, 0.2) is 73.1 Å². The molecule has 130 valence electrons. The lowest BCUT2D eigenvalue weighted by atomic mass is 10.2. The smallest absolute Gasteiger partial charge is 0.257 e. The molecule has 0 radical (unpaired) electrons. The Bertz CT molecular complexity index is 909. The number of nitrogens with zero attached hydrogens (tertiary/aromatic N) is 1. The summed E-state index contributed by atoms with van der Waals surface area (Å²) < 4.78 is 5.09. The third kappa shape index (κ3) is 4.05. The maximum absolute atomic E-state index is 12.4. The van der Waals surface area contributed by atoms with Crippen molar-refractivity contribution in [3.63, 3.8) is 0 Å². The molecule has 1 heterocycles. The second kappa shape index (κ2) is 7.94. The number of hydrogen-bond acceptors (Lipinski definition) is 4. The highest BCUT2D eigenvalue weighted by Crippen LogP contribution is 2.23. The minimum atomic E-state index is -0.302. The van der Waals surface area contributed by atoms with Crippen LogP contribution in [0.3, 0.4) is 0 Å². The molecular formula is C20H17N3O3. The molecule has 26 heavy (non-hydrogen) atoms. The molecule has 6 nitrogen and oxygen atoms in total. The van der Waals surface area contributed by atoms with Gasteiger partial charge in [0.1, 0.15) is 5.75 Å². The summed E-state index contributed by atoms with van der Waals surface area (Å²) in [6.45, 7) is 0. The summed E-state index contributed by atoms with van der Waals surface area (Å²) in [5.74, 6) is 0.0886. The van der Waals surface area contributed by atoms with Crippen molar-refractivity contribution in [3.05, 3.63) is 84.2 Å². The Labute approximate surface area is 150 Å². The highest BCUT2D eigenvalue weighted by atomic mass is 16.5. The van der Waals surface area contributed by atoms with Crippen LogP contribution in [-0.2, 0) is 0 Å². The van der Waals surface area contributed by atoms with E-state index in [1.54, 1.807) is 74.0 Å². The molecule has 6 heteroatoms. The quantitative estimate of drug-likeness (QED) is 0.739. The predicted molar refractivity (Wildman–Crippen MR) is 99.6 cm³/mol. The van der Waals surface area contributed by atoms with Gasteiger partial charge in [-0.2, -0.15) is 0 Å². The summed E-state index contributed by atoms with van der Waals surface area (Å²) in [6.07, 6.45) is 3.08. The van der Waals surface area contributed by atoms with Crippen molar-refractivity contribution >= 4 is 23.2 Å². The van der Waals surface area contributed by atoms with E-state index < -0.39 is 0 Å². The van der Waals surface area contributed by atoms with Gasteiger partial charge in [0.2, 0.25) is 0 Å². The van der Waals surface area contributed by atoms with Crippen molar-refractivity contribution < 1.29 is 14.3 Å². The van der Waals surface area contributed by atoms with Crippen molar-refractivity contribution in [3.8, 4) is 5.75 Å². The molecule has 2 amide bonds. The molecule has 2 aromatic carbocycles. The summed E-state index contributed by atoms with van der Waals surface area (Å²) in [5, 5.41) is 5.60. The number of pyridine rings is 1. The number of anilines is 2. The highest BCUT2D eigenvalue weighted by Gasteiger charge is 2.12. The van der Waals surface area contributed by atoms with E-state index in [0.717, 1.165) is 0 Å². The first kappa shape index (κ1) is 17.2. The molecular weight excluding hydrogens is 330 g/mol. The third-order valence-electron chi connectivity index (χ3n) is 3.70. The fraction of sp³-hybridized carbons (Fsp3) is 0.0500. The van der Waals surface area contributed by atoms with Gasteiger partial charge in [-0.05, 0) is 48.5 Å². The van der Waals surface area contributed by atoms with E-state index in [1.165, 1.54) is 6.20 Å². The number of carbonyl (C=O) groups is 2. The Morgan fingerprint density at radius 3 is 1.96 bits per heavy atom. The van der Waals surface area contributed by atoms with Gasteiger partial charge in [-0.25, -0.2) is 0 Å². The molecule has 0 fully saturated rings. The number of ether oxygens (including phenoxy) is 1. The minimum Gasteiger partial charge on any atom is -0.497 e. The van der Waals surface area contributed by atoms with Gasteiger partial charge in [0.25, 0.3) is 11.8 Å². The van der Waals surface area contributed by atoms with Gasteiger partial charge in [0.15, 0.2) is 0 Å². The zero-order chi connectivity index (χ0) is 18.4.